The fourth-order valence-corrected chi connectivity index (χ4v) is 3.36. The first kappa shape index (κ1) is 13.6. The molecule has 1 saturated carbocycles. The third kappa shape index (κ3) is 2.22. The quantitative estimate of drug-likeness (QED) is 0.917. The van der Waals surface area contributed by atoms with E-state index in [1.54, 1.807) is 0 Å². The summed E-state index contributed by atoms with van der Waals surface area (Å²) in [7, 11) is 0. The highest BCUT2D eigenvalue weighted by Crippen LogP contribution is 2.43. The van der Waals surface area contributed by atoms with Gasteiger partial charge in [0.15, 0.2) is 0 Å². The number of nitrogens with zero attached hydrogens (tertiary/aromatic N) is 1. The number of nitrogens with two attached hydrogens (primary N) is 1. The second-order valence-electron chi connectivity index (χ2n) is 6.09. The van der Waals surface area contributed by atoms with Crippen LogP contribution in [-0.4, -0.2) is 23.9 Å². The van der Waals surface area contributed by atoms with Crippen molar-refractivity contribution in [2.45, 2.75) is 44.1 Å². The lowest BCUT2D eigenvalue weighted by Gasteiger charge is -2.39. The van der Waals surface area contributed by atoms with Gasteiger partial charge in [-0.3, -0.25) is 9.69 Å². The topological polar surface area (TPSA) is 46.3 Å². The van der Waals surface area contributed by atoms with Crippen LogP contribution in [0.2, 0.25) is 0 Å². The lowest BCUT2D eigenvalue weighted by atomic mass is 9.64. The van der Waals surface area contributed by atoms with Gasteiger partial charge in [-0.05, 0) is 50.4 Å². The summed E-state index contributed by atoms with van der Waals surface area (Å²) >= 11 is 0. The van der Waals surface area contributed by atoms with Crippen LogP contribution in [0.1, 0.15) is 43.2 Å². The highest BCUT2D eigenvalue weighted by atomic mass is 19.1. The number of hydrogen-bond acceptors (Lipinski definition) is 2. The first-order chi connectivity index (χ1) is 9.62. The second kappa shape index (κ2) is 5.17. The van der Waals surface area contributed by atoms with Gasteiger partial charge in [-0.25, -0.2) is 4.39 Å². The molecular weight excluding hydrogens is 255 g/mol. The number of carbonyl (C=O) groups is 1. The number of primary amides is 1. The fourth-order valence-electron chi connectivity index (χ4n) is 3.36. The van der Waals surface area contributed by atoms with Crippen molar-refractivity contribution < 1.29 is 9.18 Å². The minimum absolute atomic E-state index is 0.207. The minimum atomic E-state index is -0.618. The molecule has 1 aliphatic heterocycles. The van der Waals surface area contributed by atoms with Gasteiger partial charge in [-0.1, -0.05) is 18.6 Å². The predicted octanol–water partition coefficient (Wildman–Crippen LogP) is 2.33. The monoisotopic (exact) mass is 276 g/mol. The van der Waals surface area contributed by atoms with Gasteiger partial charge in [0.25, 0.3) is 0 Å². The molecule has 1 amide bonds. The lowest BCUT2D eigenvalue weighted by Crippen LogP contribution is -2.46. The number of halogens is 1. The van der Waals surface area contributed by atoms with Crippen molar-refractivity contribution in [3.05, 3.63) is 35.1 Å². The molecule has 1 aliphatic carbocycles. The zero-order valence-corrected chi connectivity index (χ0v) is 11.7. The lowest BCUT2D eigenvalue weighted by molar-refractivity contribution is -0.126. The third-order valence-electron chi connectivity index (χ3n) is 4.88. The van der Waals surface area contributed by atoms with Crippen molar-refractivity contribution in [1.82, 2.24) is 4.90 Å². The van der Waals surface area contributed by atoms with Crippen LogP contribution in [0.5, 0.6) is 0 Å². The molecule has 0 bridgehead atoms. The maximum Gasteiger partial charge on any atom is 0.228 e. The van der Waals surface area contributed by atoms with Gasteiger partial charge in [-0.15, -0.1) is 0 Å². The molecular formula is C16H21FN2O. The van der Waals surface area contributed by atoms with Crippen LogP contribution >= 0.6 is 0 Å². The molecule has 2 N–H and O–H groups in total. The first-order valence-electron chi connectivity index (χ1n) is 7.43. The molecule has 0 radical (unpaired) electrons. The average Bonchev–Trinajstić information content (AvgIpc) is 2.83. The molecule has 2 fully saturated rings. The second-order valence-corrected chi connectivity index (χ2v) is 6.09. The Bertz CT molecular complexity index is 519. The Hall–Kier alpha value is -1.42. The van der Waals surface area contributed by atoms with E-state index in [-0.39, 0.29) is 11.7 Å². The molecule has 3 rings (SSSR count). The maximum absolute atomic E-state index is 14.3. The molecule has 2 aliphatic rings. The summed E-state index contributed by atoms with van der Waals surface area (Å²) in [6.07, 6.45) is 4.87. The van der Waals surface area contributed by atoms with Crippen LogP contribution in [-0.2, 0) is 16.8 Å². The Kier molecular flexibility index (Phi) is 3.50. The van der Waals surface area contributed by atoms with E-state index in [2.05, 4.69) is 4.90 Å². The SMILES string of the molecule is NC(=O)C1(c2ccc(CN3CCCC3)c(F)c2)CCC1. The van der Waals surface area contributed by atoms with E-state index in [1.807, 2.05) is 12.1 Å². The standard InChI is InChI=1S/C16H21FN2O/c17-14-10-13(16(15(18)20)6-3-7-16)5-4-12(14)11-19-8-1-2-9-19/h4-5,10H,1-3,6-9,11H2,(H2,18,20). The summed E-state index contributed by atoms with van der Waals surface area (Å²) in [6.45, 7) is 2.76. The first-order valence-corrected chi connectivity index (χ1v) is 7.43. The van der Waals surface area contributed by atoms with Crippen molar-refractivity contribution in [2.75, 3.05) is 13.1 Å². The number of likely N-dealkylation sites (tertiary alicyclic amines) is 1. The van der Waals surface area contributed by atoms with Gasteiger partial charge in [0.2, 0.25) is 5.91 Å². The zero-order chi connectivity index (χ0) is 14.2. The van der Waals surface area contributed by atoms with Gasteiger partial charge in [0, 0.05) is 12.1 Å². The number of carbonyl (C=O) groups excluding carboxylic acids is 1. The van der Waals surface area contributed by atoms with Gasteiger partial charge in [0.05, 0.1) is 5.41 Å². The molecule has 108 valence electrons. The average molecular weight is 276 g/mol. The van der Waals surface area contributed by atoms with Crippen LogP contribution in [0.4, 0.5) is 4.39 Å². The van der Waals surface area contributed by atoms with Crippen LogP contribution < -0.4 is 5.73 Å². The predicted molar refractivity (Wildman–Crippen MR) is 75.6 cm³/mol. The summed E-state index contributed by atoms with van der Waals surface area (Å²) in [5.74, 6) is -0.530. The Morgan fingerprint density at radius 2 is 1.95 bits per heavy atom. The van der Waals surface area contributed by atoms with Crippen LogP contribution in [0.25, 0.3) is 0 Å². The zero-order valence-electron chi connectivity index (χ0n) is 11.7. The van der Waals surface area contributed by atoms with Gasteiger partial charge in [0.1, 0.15) is 5.82 Å². The van der Waals surface area contributed by atoms with Crippen LogP contribution in [0.3, 0.4) is 0 Å². The molecule has 1 saturated heterocycles. The maximum atomic E-state index is 14.3. The Balaban J connectivity index is 1.81. The number of benzene rings is 1. The van der Waals surface area contributed by atoms with E-state index in [0.29, 0.717) is 6.54 Å². The molecule has 4 heteroatoms. The van der Waals surface area contributed by atoms with Gasteiger partial charge >= 0.3 is 0 Å². The summed E-state index contributed by atoms with van der Waals surface area (Å²) in [6, 6.07) is 5.24. The summed E-state index contributed by atoms with van der Waals surface area (Å²) in [4.78, 5) is 13.9. The molecule has 20 heavy (non-hydrogen) atoms. The van der Waals surface area contributed by atoms with Gasteiger partial charge < -0.3 is 5.73 Å². The largest absolute Gasteiger partial charge is 0.369 e. The molecule has 1 heterocycles. The molecule has 0 unspecified atom stereocenters. The Labute approximate surface area is 118 Å². The third-order valence-corrected chi connectivity index (χ3v) is 4.88. The van der Waals surface area contributed by atoms with E-state index in [4.69, 9.17) is 5.73 Å². The van der Waals surface area contributed by atoms with E-state index in [1.165, 1.54) is 18.9 Å². The molecule has 1 aromatic carbocycles. The van der Waals surface area contributed by atoms with Crippen LogP contribution in [0, 0.1) is 5.82 Å². The smallest absolute Gasteiger partial charge is 0.228 e. The Morgan fingerprint density at radius 1 is 1.25 bits per heavy atom. The van der Waals surface area contributed by atoms with E-state index < -0.39 is 5.41 Å². The molecule has 1 aromatic rings. The van der Waals surface area contributed by atoms with Crippen LogP contribution in [0.15, 0.2) is 18.2 Å². The molecule has 0 aromatic heterocycles. The van der Waals surface area contributed by atoms with E-state index in [9.17, 15) is 9.18 Å². The van der Waals surface area contributed by atoms with Crippen molar-refractivity contribution in [3.63, 3.8) is 0 Å². The number of amides is 1. The van der Waals surface area contributed by atoms with Crippen molar-refractivity contribution >= 4 is 5.91 Å². The molecule has 3 nitrogen and oxygen atoms in total. The molecule has 0 spiro atoms. The highest BCUT2D eigenvalue weighted by molar-refractivity contribution is 5.87. The van der Waals surface area contributed by atoms with Crippen molar-refractivity contribution in [2.24, 2.45) is 5.73 Å². The normalized spacial score (nSPS) is 21.6. The summed E-state index contributed by atoms with van der Waals surface area (Å²) in [5.41, 5.74) is 6.36. The summed E-state index contributed by atoms with van der Waals surface area (Å²) in [5, 5.41) is 0. The van der Waals surface area contributed by atoms with E-state index in [0.717, 1.165) is 43.5 Å². The van der Waals surface area contributed by atoms with Crippen molar-refractivity contribution in [3.8, 4) is 0 Å². The number of hydrogen-bond donors (Lipinski definition) is 1. The summed E-state index contributed by atoms with van der Waals surface area (Å²) < 4.78 is 14.3. The molecule has 0 atom stereocenters. The Morgan fingerprint density at radius 3 is 2.45 bits per heavy atom. The minimum Gasteiger partial charge on any atom is -0.369 e. The fraction of sp³-hybridized carbons (Fsp3) is 0.562. The van der Waals surface area contributed by atoms with Crippen molar-refractivity contribution in [1.29, 1.82) is 0 Å². The van der Waals surface area contributed by atoms with E-state index >= 15 is 0 Å². The number of rotatable bonds is 4. The highest BCUT2D eigenvalue weighted by Gasteiger charge is 2.44. The van der Waals surface area contributed by atoms with Gasteiger partial charge in [-0.2, -0.15) is 0 Å².